The number of ether oxygens (including phenoxy) is 2. The molecule has 0 aliphatic carbocycles. The molecular weight excluding hydrogens is 729 g/mol. The molecule has 4 unspecified atom stereocenters. The number of halogens is 13. The maximum absolute atomic E-state index is 14.6. The summed E-state index contributed by atoms with van der Waals surface area (Å²) in [5.41, 5.74) is 1.04. The van der Waals surface area contributed by atoms with Gasteiger partial charge in [0.15, 0.2) is 11.5 Å². The second-order valence-corrected chi connectivity index (χ2v) is 16.0. The topological polar surface area (TPSA) is 31.4 Å². The molecule has 0 radical (unpaired) electrons. The molecular formula is C34H42F13NO2Si. The molecule has 1 aliphatic rings. The summed E-state index contributed by atoms with van der Waals surface area (Å²) in [4.78, 5) is 4.41. The Morgan fingerprint density at radius 2 is 1.31 bits per heavy atom. The van der Waals surface area contributed by atoms with Crippen LogP contribution in [0.15, 0.2) is 42.6 Å². The molecule has 4 atom stereocenters. The summed E-state index contributed by atoms with van der Waals surface area (Å²) in [5.74, 6) is -37.4. The second-order valence-electron chi connectivity index (χ2n) is 13.5. The van der Waals surface area contributed by atoms with Gasteiger partial charge in [0, 0.05) is 11.5 Å². The van der Waals surface area contributed by atoms with E-state index < -0.39 is 58.0 Å². The fraction of sp³-hybridized carbons (Fsp3) is 0.676. The van der Waals surface area contributed by atoms with Gasteiger partial charge in [0.1, 0.15) is 0 Å². The molecule has 2 heterocycles. The molecule has 3 nitrogen and oxygen atoms in total. The van der Waals surface area contributed by atoms with Crippen LogP contribution in [0, 0.1) is 5.92 Å². The van der Waals surface area contributed by atoms with Gasteiger partial charge in [-0.05, 0) is 60.0 Å². The number of alkyl halides is 13. The van der Waals surface area contributed by atoms with Gasteiger partial charge < -0.3 is 9.47 Å². The first-order valence-corrected chi connectivity index (χ1v) is 18.3. The van der Waals surface area contributed by atoms with Crippen LogP contribution in [0.4, 0.5) is 57.1 Å². The molecule has 17 heteroatoms. The van der Waals surface area contributed by atoms with Crippen molar-refractivity contribution < 1.29 is 66.5 Å². The highest BCUT2D eigenvalue weighted by atomic mass is 28.2. The van der Waals surface area contributed by atoms with E-state index >= 15 is 0 Å². The van der Waals surface area contributed by atoms with Crippen LogP contribution in [0.2, 0.25) is 5.54 Å². The molecule has 0 saturated carbocycles. The van der Waals surface area contributed by atoms with Gasteiger partial charge in [0.2, 0.25) is 6.29 Å². The Balaban J connectivity index is 1.76. The van der Waals surface area contributed by atoms with Gasteiger partial charge in [0.25, 0.3) is 0 Å². The van der Waals surface area contributed by atoms with Crippen LogP contribution in [-0.4, -0.2) is 56.6 Å². The van der Waals surface area contributed by atoms with Crippen molar-refractivity contribution in [3.05, 3.63) is 48.2 Å². The highest BCUT2D eigenvalue weighted by molar-refractivity contribution is 6.53. The third-order valence-electron chi connectivity index (χ3n) is 9.22. The van der Waals surface area contributed by atoms with Crippen LogP contribution < -0.4 is 14.8 Å². The third-order valence-corrected chi connectivity index (χ3v) is 11.2. The molecule has 290 valence electrons. The smallest absolute Gasteiger partial charge is 0.451 e. The third kappa shape index (κ3) is 9.64. The van der Waals surface area contributed by atoms with Crippen molar-refractivity contribution in [1.82, 2.24) is 4.98 Å². The summed E-state index contributed by atoms with van der Waals surface area (Å²) in [6.07, 6.45) is -2.31. The Bertz CT molecular complexity index is 1390. The first kappa shape index (κ1) is 42.7. The summed E-state index contributed by atoms with van der Waals surface area (Å²) >= 11 is 0. The Labute approximate surface area is 290 Å². The highest BCUT2D eigenvalue weighted by Crippen LogP contribution is 2.61. The van der Waals surface area contributed by atoms with Gasteiger partial charge in [-0.3, -0.25) is 4.98 Å². The number of unbranched alkanes of at least 4 members (excludes halogenated alkanes) is 2. The van der Waals surface area contributed by atoms with E-state index in [1.54, 1.807) is 12.3 Å². The standard InChI is InChI=1S/C34H42F13NO2Si/c1-4-5-6-10-21(2)11-9-12-23(15-14-22(3)51-27-13-7-8-18-48-27)24-16-17-25-26(19-24)50-28(49-25)20-29(35,36)30(37,38)31(39,40)32(41,42)33(43,44)34(45,46)47/h7-8,13,16-19,21-23,28H,4-6,9-12,14-15,20,51H2,1-3H3. The molecule has 0 bridgehead atoms. The quantitative estimate of drug-likeness (QED) is 0.0763. The maximum Gasteiger partial charge on any atom is 0.460 e. The monoisotopic (exact) mass is 771 g/mol. The number of rotatable bonds is 20. The average molecular weight is 772 g/mol. The number of fused-ring (bicyclic) bond motifs is 1. The van der Waals surface area contributed by atoms with Crippen molar-refractivity contribution in [1.29, 1.82) is 0 Å². The van der Waals surface area contributed by atoms with E-state index in [4.69, 9.17) is 9.47 Å². The van der Waals surface area contributed by atoms with Crippen LogP contribution in [-0.2, 0) is 0 Å². The molecule has 3 rings (SSSR count). The van der Waals surface area contributed by atoms with E-state index in [1.165, 1.54) is 12.1 Å². The zero-order valence-electron chi connectivity index (χ0n) is 28.3. The van der Waals surface area contributed by atoms with Crippen LogP contribution in [0.25, 0.3) is 0 Å². The van der Waals surface area contributed by atoms with E-state index in [2.05, 4.69) is 25.8 Å². The number of pyridine rings is 1. The minimum Gasteiger partial charge on any atom is -0.451 e. The molecule has 0 spiro atoms. The van der Waals surface area contributed by atoms with Crippen molar-refractivity contribution in [3.8, 4) is 11.5 Å². The summed E-state index contributed by atoms with van der Waals surface area (Å²) in [6.45, 7) is 6.41. The minimum atomic E-state index is -7.96. The van der Waals surface area contributed by atoms with E-state index in [-0.39, 0.29) is 17.4 Å². The number of aromatic nitrogens is 1. The zero-order chi connectivity index (χ0) is 38.5. The zero-order valence-corrected chi connectivity index (χ0v) is 29.7. The molecule has 1 aromatic heterocycles. The van der Waals surface area contributed by atoms with Crippen LogP contribution in [0.3, 0.4) is 0 Å². The Morgan fingerprint density at radius 3 is 1.92 bits per heavy atom. The van der Waals surface area contributed by atoms with Crippen LogP contribution >= 0.6 is 0 Å². The molecule has 2 aromatic rings. The second kappa shape index (κ2) is 16.5. The Morgan fingerprint density at radius 1 is 0.686 bits per heavy atom. The molecule has 1 aromatic carbocycles. The molecule has 0 fully saturated rings. The van der Waals surface area contributed by atoms with Gasteiger partial charge in [-0.2, -0.15) is 57.1 Å². The van der Waals surface area contributed by atoms with Crippen molar-refractivity contribution >= 4 is 14.8 Å². The largest absolute Gasteiger partial charge is 0.460 e. The van der Waals surface area contributed by atoms with E-state index in [0.29, 0.717) is 23.4 Å². The Hall–Kier alpha value is -2.72. The Kier molecular flexibility index (Phi) is 13.8. The van der Waals surface area contributed by atoms with Gasteiger partial charge in [-0.25, -0.2) is 0 Å². The average Bonchev–Trinajstić information content (AvgIpc) is 3.43. The number of hydrogen-bond donors (Lipinski definition) is 0. The summed E-state index contributed by atoms with van der Waals surface area (Å²) in [7, 11) is -0.718. The lowest BCUT2D eigenvalue weighted by Gasteiger charge is -2.39. The summed E-state index contributed by atoms with van der Waals surface area (Å²) < 4.78 is 187. The highest BCUT2D eigenvalue weighted by Gasteiger charge is 2.90. The first-order valence-electron chi connectivity index (χ1n) is 16.8. The number of nitrogens with zero attached hydrogens (tertiary/aromatic N) is 1. The van der Waals surface area contributed by atoms with Crippen LogP contribution in [0.1, 0.15) is 96.5 Å². The molecule has 0 N–H and O–H groups in total. The summed E-state index contributed by atoms with van der Waals surface area (Å²) in [6, 6.07) is 10.00. The van der Waals surface area contributed by atoms with E-state index in [1.807, 2.05) is 18.2 Å². The van der Waals surface area contributed by atoms with Crippen molar-refractivity contribution in [2.24, 2.45) is 5.92 Å². The lowest BCUT2D eigenvalue weighted by Crippen LogP contribution is -2.70. The fourth-order valence-corrected chi connectivity index (χ4v) is 7.68. The predicted molar refractivity (Wildman–Crippen MR) is 168 cm³/mol. The lowest BCUT2D eigenvalue weighted by molar-refractivity contribution is -0.441. The first-order chi connectivity index (χ1) is 23.5. The normalized spacial score (nSPS) is 18.0. The van der Waals surface area contributed by atoms with E-state index in [9.17, 15) is 57.1 Å². The molecule has 51 heavy (non-hydrogen) atoms. The van der Waals surface area contributed by atoms with Crippen molar-refractivity contribution in [2.75, 3.05) is 0 Å². The minimum absolute atomic E-state index is 0.0667. The van der Waals surface area contributed by atoms with Gasteiger partial charge in [-0.1, -0.05) is 77.8 Å². The lowest BCUT2D eigenvalue weighted by atomic mass is 9.87. The maximum atomic E-state index is 14.6. The van der Waals surface area contributed by atoms with Crippen molar-refractivity contribution in [3.63, 3.8) is 0 Å². The van der Waals surface area contributed by atoms with Gasteiger partial charge in [-0.15, -0.1) is 0 Å². The van der Waals surface area contributed by atoms with Gasteiger partial charge in [0.05, 0.1) is 15.9 Å². The fourth-order valence-electron chi connectivity index (χ4n) is 6.04. The van der Waals surface area contributed by atoms with Gasteiger partial charge >= 0.3 is 35.8 Å². The molecule has 0 amide bonds. The predicted octanol–water partition coefficient (Wildman–Crippen LogP) is 10.9. The van der Waals surface area contributed by atoms with E-state index in [0.717, 1.165) is 56.7 Å². The SMILES string of the molecule is CCCCCC(C)CCCC(CCC(C)[SiH2]c1ccccn1)c1ccc2c(c1)OC(CC(F)(F)C(F)(F)C(F)(F)C(F)(F)C(F)(F)C(F)(F)F)O2. The number of hydrogen-bond acceptors (Lipinski definition) is 3. The number of benzene rings is 1. The van der Waals surface area contributed by atoms with Crippen molar-refractivity contribution in [2.45, 2.75) is 139 Å². The molecule has 1 aliphatic heterocycles. The van der Waals surface area contributed by atoms with Crippen LogP contribution in [0.5, 0.6) is 11.5 Å². The molecule has 0 saturated heterocycles. The summed E-state index contributed by atoms with van der Waals surface area (Å²) in [5, 5.41) is 1.05.